The predicted molar refractivity (Wildman–Crippen MR) is 164 cm³/mol. The molecule has 0 unspecified atom stereocenters. The highest BCUT2D eigenvalue weighted by atomic mass is 16.6. The van der Waals surface area contributed by atoms with Crippen LogP contribution in [0.15, 0.2) is 24.3 Å². The summed E-state index contributed by atoms with van der Waals surface area (Å²) in [4.78, 5) is 47.0. The number of amides is 2. The van der Waals surface area contributed by atoms with Gasteiger partial charge >= 0.3 is 18.2 Å². The van der Waals surface area contributed by atoms with Crippen LogP contribution in [0.4, 0.5) is 15.4 Å². The minimum atomic E-state index is -0.746. The summed E-state index contributed by atoms with van der Waals surface area (Å²) >= 11 is 0. The molecule has 2 aliphatic rings. The smallest absolute Gasteiger partial charge is 0.407 e. The molecule has 0 aliphatic heterocycles. The number of nitrogens with two attached hydrogens (primary N) is 1. The summed E-state index contributed by atoms with van der Waals surface area (Å²) < 4.78 is 22.8. The maximum absolute atomic E-state index is 13.5. The summed E-state index contributed by atoms with van der Waals surface area (Å²) in [6.45, 7) is 10.7. The molecule has 0 bridgehead atoms. The molecule has 2 aromatic rings. The highest BCUT2D eigenvalue weighted by Crippen LogP contribution is 2.33. The maximum atomic E-state index is 13.5. The van der Waals surface area contributed by atoms with Crippen LogP contribution in [0.2, 0.25) is 0 Å². The van der Waals surface area contributed by atoms with Crippen LogP contribution in [-0.2, 0) is 14.2 Å². The molecule has 45 heavy (non-hydrogen) atoms. The Morgan fingerprint density at radius 2 is 1.47 bits per heavy atom. The molecule has 4 N–H and O–H groups in total. The van der Waals surface area contributed by atoms with E-state index in [9.17, 15) is 19.6 Å². The molecule has 2 saturated carbocycles. The van der Waals surface area contributed by atoms with Gasteiger partial charge in [0.15, 0.2) is 11.4 Å². The normalized spacial score (nSPS) is 21.4. The number of hydrogen-bond acceptors (Lipinski definition) is 11. The number of anilines is 1. The zero-order valence-electron chi connectivity index (χ0n) is 26.6. The number of aromatic nitrogens is 2. The summed E-state index contributed by atoms with van der Waals surface area (Å²) in [5, 5.41) is 15.1. The second kappa shape index (κ2) is 13.6. The van der Waals surface area contributed by atoms with Crippen molar-refractivity contribution in [2.75, 3.05) is 5.73 Å². The van der Waals surface area contributed by atoms with Crippen LogP contribution in [0.3, 0.4) is 0 Å². The Morgan fingerprint density at radius 3 is 2.04 bits per heavy atom. The highest BCUT2D eigenvalue weighted by molar-refractivity contribution is 5.97. The first-order valence-electron chi connectivity index (χ1n) is 15.1. The number of nitrogens with zero attached hydrogens (tertiary/aromatic N) is 3. The van der Waals surface area contributed by atoms with Crippen molar-refractivity contribution in [1.82, 2.24) is 20.6 Å². The van der Waals surface area contributed by atoms with Crippen molar-refractivity contribution in [2.45, 2.75) is 116 Å². The van der Waals surface area contributed by atoms with Crippen molar-refractivity contribution in [3.8, 4) is 23.3 Å². The van der Waals surface area contributed by atoms with E-state index in [2.05, 4.69) is 26.7 Å². The van der Waals surface area contributed by atoms with Gasteiger partial charge < -0.3 is 35.3 Å². The van der Waals surface area contributed by atoms with Crippen molar-refractivity contribution in [3.05, 3.63) is 35.4 Å². The van der Waals surface area contributed by atoms with Crippen LogP contribution in [0, 0.1) is 11.3 Å². The fraction of sp³-hybridized carbons (Fsp3) is 0.562. The highest BCUT2D eigenvalue weighted by Gasteiger charge is 2.35. The third-order valence-corrected chi connectivity index (χ3v) is 7.12. The Morgan fingerprint density at radius 1 is 0.889 bits per heavy atom. The van der Waals surface area contributed by atoms with Gasteiger partial charge in [-0.1, -0.05) is 12.1 Å². The SMILES string of the molecule is CC(C)(C)OC(=O)N[C@@H]1CC[C@H](OC(=O)c2c(N)nc(-c3cccc(C#N)c3)nc2O[C@H]2CC[C@@H](NC(=O)OC(C)(C)C)C2)C1. The summed E-state index contributed by atoms with van der Waals surface area (Å²) in [5.41, 5.74) is 5.90. The molecule has 0 saturated heterocycles. The third-order valence-electron chi connectivity index (χ3n) is 7.12. The van der Waals surface area contributed by atoms with Gasteiger partial charge in [-0.05, 0) is 79.4 Å². The predicted octanol–water partition coefficient (Wildman–Crippen LogP) is 5.02. The average Bonchev–Trinajstić information content (AvgIpc) is 3.54. The van der Waals surface area contributed by atoms with E-state index in [1.165, 1.54) is 0 Å². The first kappa shape index (κ1) is 33.3. The molecule has 13 nitrogen and oxygen atoms in total. The van der Waals surface area contributed by atoms with Crippen LogP contribution in [0.1, 0.15) is 96.0 Å². The van der Waals surface area contributed by atoms with Gasteiger partial charge in [-0.3, -0.25) is 0 Å². The number of alkyl carbamates (subject to hydrolysis) is 2. The van der Waals surface area contributed by atoms with E-state index in [0.717, 1.165) is 0 Å². The first-order chi connectivity index (χ1) is 21.1. The molecule has 4 rings (SSSR count). The molecule has 0 radical (unpaired) electrons. The number of esters is 1. The molecule has 4 atom stereocenters. The second-order valence-electron chi connectivity index (χ2n) is 13.4. The molecule has 2 fully saturated rings. The number of nitrogen functional groups attached to an aromatic ring is 1. The van der Waals surface area contributed by atoms with E-state index >= 15 is 0 Å². The fourth-order valence-electron chi connectivity index (χ4n) is 5.26. The van der Waals surface area contributed by atoms with Gasteiger partial charge in [0.1, 0.15) is 29.2 Å². The van der Waals surface area contributed by atoms with Gasteiger partial charge in [-0.2, -0.15) is 10.2 Å². The quantitative estimate of drug-likeness (QED) is 0.278. The van der Waals surface area contributed by atoms with Gasteiger partial charge in [-0.25, -0.2) is 19.4 Å². The summed E-state index contributed by atoms with van der Waals surface area (Å²) in [7, 11) is 0. The monoisotopic (exact) mass is 622 g/mol. The molecule has 13 heteroatoms. The van der Waals surface area contributed by atoms with E-state index in [-0.39, 0.29) is 35.2 Å². The fourth-order valence-corrected chi connectivity index (χ4v) is 5.26. The van der Waals surface area contributed by atoms with Crippen molar-refractivity contribution in [1.29, 1.82) is 5.26 Å². The molecule has 242 valence electrons. The number of nitriles is 1. The number of carbonyl (C=O) groups excluding carboxylic acids is 3. The standard InChI is InChI=1S/C32H42N6O7/c1-31(2,3)44-29(40)35-20-10-12-22(15-20)42-27-24(25(34)37-26(38-27)19-9-7-8-18(14-19)17-33)28(39)43-23-13-11-21(16-23)36-30(41)45-32(4,5)6/h7-9,14,20-23H,10-13,15-16H2,1-6H3,(H,35,40)(H,36,41)(H2,34,37,38)/t20-,21-,22+,23+/m1/s1. The Balaban J connectivity index is 1.51. The van der Waals surface area contributed by atoms with E-state index in [0.29, 0.717) is 49.7 Å². The van der Waals surface area contributed by atoms with E-state index in [4.69, 9.17) is 24.7 Å². The summed E-state index contributed by atoms with van der Waals surface area (Å²) in [6, 6.07) is 8.36. The lowest BCUT2D eigenvalue weighted by atomic mass is 10.1. The van der Waals surface area contributed by atoms with Gasteiger partial charge in [-0.15, -0.1) is 0 Å². The molecule has 2 amide bonds. The zero-order valence-corrected chi connectivity index (χ0v) is 26.6. The van der Waals surface area contributed by atoms with Crippen molar-refractivity contribution in [3.63, 3.8) is 0 Å². The molecular weight excluding hydrogens is 580 g/mol. The Hall–Kier alpha value is -4.60. The topological polar surface area (TPSA) is 188 Å². The minimum absolute atomic E-state index is 0.0470. The van der Waals surface area contributed by atoms with Crippen molar-refractivity contribution in [2.24, 2.45) is 0 Å². The van der Waals surface area contributed by atoms with Gasteiger partial charge in [0, 0.05) is 30.5 Å². The maximum Gasteiger partial charge on any atom is 0.407 e. The van der Waals surface area contributed by atoms with Crippen molar-refractivity contribution < 1.29 is 33.3 Å². The Bertz CT molecular complexity index is 1460. The zero-order chi connectivity index (χ0) is 32.9. The van der Waals surface area contributed by atoms with E-state index in [1.54, 1.807) is 65.8 Å². The average molecular weight is 623 g/mol. The lowest BCUT2D eigenvalue weighted by Crippen LogP contribution is -2.38. The number of nitrogens with one attached hydrogen (secondary N) is 2. The Kier molecular flexibility index (Phi) is 10.1. The van der Waals surface area contributed by atoms with Gasteiger partial charge in [0.05, 0.1) is 11.6 Å². The number of carbonyl (C=O) groups is 3. The molecule has 1 aromatic carbocycles. The van der Waals surface area contributed by atoms with Gasteiger partial charge in [0.25, 0.3) is 0 Å². The lowest BCUT2D eigenvalue weighted by molar-refractivity contribution is 0.0303. The van der Waals surface area contributed by atoms with E-state index in [1.807, 2.05) is 0 Å². The van der Waals surface area contributed by atoms with Crippen LogP contribution >= 0.6 is 0 Å². The van der Waals surface area contributed by atoms with E-state index < -0.39 is 41.6 Å². The van der Waals surface area contributed by atoms with Crippen LogP contribution < -0.4 is 21.1 Å². The molecular formula is C32H42N6O7. The number of benzene rings is 1. The molecule has 0 spiro atoms. The van der Waals surface area contributed by atoms with Gasteiger partial charge in [0.2, 0.25) is 5.88 Å². The summed E-state index contributed by atoms with van der Waals surface area (Å²) in [5.74, 6) is -0.747. The summed E-state index contributed by atoms with van der Waals surface area (Å²) in [6.07, 6.45) is 1.30. The number of hydrogen-bond donors (Lipinski definition) is 3. The van der Waals surface area contributed by atoms with Crippen LogP contribution in [-0.4, -0.2) is 63.6 Å². The third kappa shape index (κ3) is 9.69. The number of rotatable bonds is 7. The minimum Gasteiger partial charge on any atom is -0.474 e. The largest absolute Gasteiger partial charge is 0.474 e. The lowest BCUT2D eigenvalue weighted by Gasteiger charge is -2.22. The first-order valence-corrected chi connectivity index (χ1v) is 15.1. The molecule has 1 heterocycles. The Labute approximate surface area is 263 Å². The molecule has 1 aromatic heterocycles. The van der Waals surface area contributed by atoms with Crippen molar-refractivity contribution >= 4 is 24.0 Å². The second-order valence-corrected chi connectivity index (χ2v) is 13.4. The van der Waals surface area contributed by atoms with Crippen LogP contribution in [0.5, 0.6) is 5.88 Å². The molecule has 2 aliphatic carbocycles. The number of ether oxygens (including phenoxy) is 4. The van der Waals surface area contributed by atoms with Crippen LogP contribution in [0.25, 0.3) is 11.4 Å².